The van der Waals surface area contributed by atoms with Gasteiger partial charge >= 0.3 is 6.18 Å². The zero-order chi connectivity index (χ0) is 18.5. The van der Waals surface area contributed by atoms with Gasteiger partial charge in [0, 0.05) is 25.8 Å². The quantitative estimate of drug-likeness (QED) is 0.771. The standard InChI is InChI=1S/C16H16ClF3N4O2/c1-24-14(16(18,19)20)11(17)12(23-24)13-15(26-13)22-8-2-4-9(5-3-8)25-10-6-21-7-10/h2-5,10,13,15,21-22H,6-7H2,1H3. The molecule has 0 saturated carbocycles. The Hall–Kier alpha value is -1.97. The lowest BCUT2D eigenvalue weighted by molar-refractivity contribution is -0.143. The number of ether oxygens (including phenoxy) is 2. The van der Waals surface area contributed by atoms with Crippen LogP contribution in [-0.2, 0) is 18.0 Å². The number of halogens is 4. The number of rotatable bonds is 5. The summed E-state index contributed by atoms with van der Waals surface area (Å²) in [7, 11) is 1.21. The van der Waals surface area contributed by atoms with Gasteiger partial charge in [-0.1, -0.05) is 11.6 Å². The van der Waals surface area contributed by atoms with Crippen LogP contribution in [0, 0.1) is 0 Å². The van der Waals surface area contributed by atoms with E-state index in [2.05, 4.69) is 15.7 Å². The van der Waals surface area contributed by atoms with E-state index in [9.17, 15) is 13.2 Å². The minimum Gasteiger partial charge on any atom is -0.488 e. The van der Waals surface area contributed by atoms with Crippen LogP contribution in [0.5, 0.6) is 5.75 Å². The van der Waals surface area contributed by atoms with Gasteiger partial charge in [0.1, 0.15) is 17.5 Å². The molecule has 2 unspecified atom stereocenters. The minimum atomic E-state index is -4.57. The second kappa shape index (κ2) is 6.33. The molecule has 2 fully saturated rings. The molecule has 10 heteroatoms. The van der Waals surface area contributed by atoms with E-state index in [1.54, 1.807) is 0 Å². The van der Waals surface area contributed by atoms with E-state index < -0.39 is 29.2 Å². The van der Waals surface area contributed by atoms with Crippen LogP contribution in [0.4, 0.5) is 18.9 Å². The fourth-order valence-corrected chi connectivity index (χ4v) is 3.15. The lowest BCUT2D eigenvalue weighted by Gasteiger charge is -2.27. The van der Waals surface area contributed by atoms with Gasteiger partial charge in [0.15, 0.2) is 18.0 Å². The van der Waals surface area contributed by atoms with E-state index >= 15 is 0 Å². The Kier molecular flexibility index (Phi) is 4.25. The van der Waals surface area contributed by atoms with Crippen molar-refractivity contribution in [1.82, 2.24) is 15.1 Å². The van der Waals surface area contributed by atoms with Crippen LogP contribution in [0.25, 0.3) is 0 Å². The summed E-state index contributed by atoms with van der Waals surface area (Å²) in [6, 6.07) is 7.30. The number of anilines is 1. The molecule has 2 saturated heterocycles. The lowest BCUT2D eigenvalue weighted by atomic mass is 10.2. The number of nitrogens with one attached hydrogen (secondary N) is 2. The first-order valence-corrected chi connectivity index (χ1v) is 8.40. The third-order valence-corrected chi connectivity index (χ3v) is 4.63. The van der Waals surface area contributed by atoms with Crippen LogP contribution in [0.3, 0.4) is 0 Å². The molecule has 2 aliphatic heterocycles. The van der Waals surface area contributed by atoms with Gasteiger partial charge in [-0.05, 0) is 24.3 Å². The molecule has 26 heavy (non-hydrogen) atoms. The molecular weight excluding hydrogens is 373 g/mol. The summed E-state index contributed by atoms with van der Waals surface area (Å²) >= 11 is 5.87. The number of nitrogens with zero attached hydrogens (tertiary/aromatic N) is 2. The molecule has 2 atom stereocenters. The number of epoxide rings is 1. The molecule has 0 radical (unpaired) electrons. The second-order valence-corrected chi connectivity index (χ2v) is 6.59. The summed E-state index contributed by atoms with van der Waals surface area (Å²) in [4.78, 5) is 0. The van der Waals surface area contributed by atoms with Gasteiger partial charge in [-0.3, -0.25) is 4.68 Å². The van der Waals surface area contributed by atoms with E-state index in [1.165, 1.54) is 7.05 Å². The van der Waals surface area contributed by atoms with Crippen molar-refractivity contribution in [3.05, 3.63) is 40.7 Å². The maximum absolute atomic E-state index is 13.0. The van der Waals surface area contributed by atoms with Crippen molar-refractivity contribution in [2.24, 2.45) is 7.05 Å². The van der Waals surface area contributed by atoms with Gasteiger partial charge in [-0.25, -0.2) is 0 Å². The highest BCUT2D eigenvalue weighted by Gasteiger charge is 2.47. The van der Waals surface area contributed by atoms with Crippen molar-refractivity contribution in [2.45, 2.75) is 24.6 Å². The molecule has 6 nitrogen and oxygen atoms in total. The molecule has 0 amide bonds. The highest BCUT2D eigenvalue weighted by Crippen LogP contribution is 2.45. The summed E-state index contributed by atoms with van der Waals surface area (Å²) in [6.45, 7) is 1.67. The topological polar surface area (TPSA) is 63.6 Å². The van der Waals surface area contributed by atoms with E-state index in [1.807, 2.05) is 24.3 Å². The van der Waals surface area contributed by atoms with Crippen molar-refractivity contribution < 1.29 is 22.6 Å². The molecule has 140 valence electrons. The lowest BCUT2D eigenvalue weighted by Crippen LogP contribution is -2.50. The maximum atomic E-state index is 13.0. The van der Waals surface area contributed by atoms with Crippen molar-refractivity contribution in [1.29, 1.82) is 0 Å². The molecule has 0 bridgehead atoms. The van der Waals surface area contributed by atoms with Crippen LogP contribution in [-0.4, -0.2) is 35.2 Å². The summed E-state index contributed by atoms with van der Waals surface area (Å²) in [6.07, 6.45) is -5.48. The van der Waals surface area contributed by atoms with Gasteiger partial charge < -0.3 is 20.1 Å². The first-order chi connectivity index (χ1) is 12.3. The number of hydrogen-bond acceptors (Lipinski definition) is 5. The van der Waals surface area contributed by atoms with Crippen molar-refractivity contribution in [3.63, 3.8) is 0 Å². The van der Waals surface area contributed by atoms with Gasteiger partial charge in [-0.2, -0.15) is 18.3 Å². The van der Waals surface area contributed by atoms with Crippen LogP contribution in [0.2, 0.25) is 5.02 Å². The molecule has 1 aromatic heterocycles. The average molecular weight is 389 g/mol. The van der Waals surface area contributed by atoms with Crippen LogP contribution in [0.1, 0.15) is 17.5 Å². The number of aromatic nitrogens is 2. The van der Waals surface area contributed by atoms with Gasteiger partial charge in [0.05, 0.1) is 5.02 Å². The smallest absolute Gasteiger partial charge is 0.434 e. The third kappa shape index (κ3) is 3.34. The van der Waals surface area contributed by atoms with Crippen molar-refractivity contribution in [2.75, 3.05) is 18.4 Å². The van der Waals surface area contributed by atoms with Gasteiger partial charge in [0.25, 0.3) is 0 Å². The first kappa shape index (κ1) is 17.4. The maximum Gasteiger partial charge on any atom is 0.434 e. The van der Waals surface area contributed by atoms with Crippen LogP contribution in [0.15, 0.2) is 24.3 Å². The SMILES string of the molecule is Cn1nc(C2OC2Nc2ccc(OC3CNC3)cc2)c(Cl)c1C(F)(F)F. The summed E-state index contributed by atoms with van der Waals surface area (Å²) in [5.41, 5.74) is -0.133. The fraction of sp³-hybridized carbons (Fsp3) is 0.438. The van der Waals surface area contributed by atoms with Crippen molar-refractivity contribution >= 4 is 17.3 Å². The monoisotopic (exact) mass is 388 g/mol. The molecule has 2 aliphatic rings. The normalized spacial score (nSPS) is 22.8. The highest BCUT2D eigenvalue weighted by molar-refractivity contribution is 6.32. The Morgan fingerprint density at radius 1 is 1.31 bits per heavy atom. The van der Waals surface area contributed by atoms with Crippen molar-refractivity contribution in [3.8, 4) is 5.75 Å². The van der Waals surface area contributed by atoms with Gasteiger partial charge in [-0.15, -0.1) is 0 Å². The molecule has 1 aromatic carbocycles. The molecule has 3 heterocycles. The predicted molar refractivity (Wildman–Crippen MR) is 88.2 cm³/mol. The van der Waals surface area contributed by atoms with E-state index in [4.69, 9.17) is 21.1 Å². The Morgan fingerprint density at radius 2 is 2.00 bits per heavy atom. The Balaban J connectivity index is 1.40. The van der Waals surface area contributed by atoms with Crippen LogP contribution >= 0.6 is 11.6 Å². The average Bonchev–Trinajstić information content (AvgIpc) is 3.20. The number of benzene rings is 1. The Bertz CT molecular complexity index is 805. The molecule has 2 N–H and O–H groups in total. The summed E-state index contributed by atoms with van der Waals surface area (Å²) in [5, 5.41) is 9.66. The Morgan fingerprint density at radius 3 is 2.54 bits per heavy atom. The van der Waals surface area contributed by atoms with E-state index in [0.717, 1.165) is 29.2 Å². The highest BCUT2D eigenvalue weighted by atomic mass is 35.5. The molecule has 2 aromatic rings. The molecule has 0 aliphatic carbocycles. The molecule has 0 spiro atoms. The van der Waals surface area contributed by atoms with E-state index in [0.29, 0.717) is 0 Å². The summed E-state index contributed by atoms with van der Waals surface area (Å²) in [5.74, 6) is 0.762. The third-order valence-electron chi connectivity index (χ3n) is 4.25. The number of alkyl halides is 3. The minimum absolute atomic E-state index is 0.0800. The number of hydrogen-bond donors (Lipinski definition) is 2. The second-order valence-electron chi connectivity index (χ2n) is 6.21. The predicted octanol–water partition coefficient (Wildman–Crippen LogP) is 2.95. The zero-order valence-electron chi connectivity index (χ0n) is 13.7. The fourth-order valence-electron chi connectivity index (χ4n) is 2.77. The van der Waals surface area contributed by atoms with E-state index in [-0.39, 0.29) is 11.8 Å². The first-order valence-electron chi connectivity index (χ1n) is 8.02. The number of aryl methyl sites for hydroxylation is 1. The van der Waals surface area contributed by atoms with Crippen LogP contribution < -0.4 is 15.4 Å². The zero-order valence-corrected chi connectivity index (χ0v) is 14.4. The largest absolute Gasteiger partial charge is 0.488 e. The Labute approximate surface area is 152 Å². The summed E-state index contributed by atoms with van der Waals surface area (Å²) < 4.78 is 50.8. The molecular formula is C16H16ClF3N4O2. The van der Waals surface area contributed by atoms with Gasteiger partial charge in [0.2, 0.25) is 0 Å². The molecule has 4 rings (SSSR count).